The number of unbranched alkanes of at least 4 members (excludes halogenated alkanes) is 4. The van der Waals surface area contributed by atoms with E-state index < -0.39 is 0 Å². The lowest BCUT2D eigenvalue weighted by Crippen LogP contribution is -2.24. The fourth-order valence-corrected chi connectivity index (χ4v) is 4.49. The van der Waals surface area contributed by atoms with E-state index in [0.29, 0.717) is 11.4 Å². The number of benzene rings is 1. The number of carbonyl (C=O) groups is 1. The first-order valence-electron chi connectivity index (χ1n) is 12.3. The Kier molecular flexibility index (Phi) is 9.51. The molecule has 1 aliphatic rings. The highest BCUT2D eigenvalue weighted by molar-refractivity contribution is 5.90. The third-order valence-corrected chi connectivity index (χ3v) is 6.42. The summed E-state index contributed by atoms with van der Waals surface area (Å²) in [6, 6.07) is 7.47. The SMILES string of the molecule is CCCCCCCc1cnc(-c2ccc(C(=O)O[C@H]3CC[C@H](CCC)CC3)cc2)nc1. The molecule has 168 valence electrons. The number of aryl methyl sites for hydroxylation is 1. The quantitative estimate of drug-likeness (QED) is 0.284. The lowest BCUT2D eigenvalue weighted by molar-refractivity contribution is 0.0161. The third kappa shape index (κ3) is 7.45. The highest BCUT2D eigenvalue weighted by Crippen LogP contribution is 2.30. The van der Waals surface area contributed by atoms with Gasteiger partial charge in [-0.3, -0.25) is 0 Å². The summed E-state index contributed by atoms with van der Waals surface area (Å²) in [7, 11) is 0. The van der Waals surface area contributed by atoms with Gasteiger partial charge in [-0.1, -0.05) is 64.5 Å². The van der Waals surface area contributed by atoms with E-state index in [4.69, 9.17) is 4.74 Å². The summed E-state index contributed by atoms with van der Waals surface area (Å²) in [5, 5.41) is 0. The molecule has 0 spiro atoms. The summed E-state index contributed by atoms with van der Waals surface area (Å²) in [5.74, 6) is 1.29. The summed E-state index contributed by atoms with van der Waals surface area (Å²) in [5.41, 5.74) is 2.71. The normalized spacial score (nSPS) is 18.6. The maximum atomic E-state index is 12.5. The molecule has 1 saturated carbocycles. The van der Waals surface area contributed by atoms with Crippen LogP contribution < -0.4 is 0 Å². The van der Waals surface area contributed by atoms with E-state index in [1.807, 2.05) is 36.7 Å². The Hall–Kier alpha value is -2.23. The minimum atomic E-state index is -0.218. The smallest absolute Gasteiger partial charge is 0.338 e. The van der Waals surface area contributed by atoms with Crippen LogP contribution in [0.15, 0.2) is 36.7 Å². The van der Waals surface area contributed by atoms with Crippen molar-refractivity contribution in [1.82, 2.24) is 9.97 Å². The Morgan fingerprint density at radius 3 is 2.23 bits per heavy atom. The first-order valence-corrected chi connectivity index (χ1v) is 12.3. The Morgan fingerprint density at radius 1 is 0.903 bits per heavy atom. The molecule has 1 aliphatic carbocycles. The Labute approximate surface area is 187 Å². The number of esters is 1. The molecule has 1 aromatic carbocycles. The molecule has 0 N–H and O–H groups in total. The van der Waals surface area contributed by atoms with Gasteiger partial charge in [0.15, 0.2) is 5.82 Å². The van der Waals surface area contributed by atoms with Crippen molar-refractivity contribution in [2.75, 3.05) is 0 Å². The van der Waals surface area contributed by atoms with Gasteiger partial charge < -0.3 is 4.74 Å². The minimum absolute atomic E-state index is 0.0677. The van der Waals surface area contributed by atoms with Crippen LogP contribution in [0.25, 0.3) is 11.4 Å². The number of hydrogen-bond acceptors (Lipinski definition) is 4. The predicted molar refractivity (Wildman–Crippen MR) is 126 cm³/mol. The summed E-state index contributed by atoms with van der Waals surface area (Å²) in [6.07, 6.45) is 18.2. The molecule has 0 radical (unpaired) electrons. The lowest BCUT2D eigenvalue weighted by Gasteiger charge is -2.28. The molecule has 0 amide bonds. The van der Waals surface area contributed by atoms with Gasteiger partial charge in [0, 0.05) is 18.0 Å². The van der Waals surface area contributed by atoms with Crippen LogP contribution >= 0.6 is 0 Å². The van der Waals surface area contributed by atoms with Gasteiger partial charge >= 0.3 is 5.97 Å². The number of carbonyl (C=O) groups excluding carboxylic acids is 1. The van der Waals surface area contributed by atoms with Crippen LogP contribution in [0.3, 0.4) is 0 Å². The molecule has 3 rings (SSSR count). The molecule has 0 atom stereocenters. The van der Waals surface area contributed by atoms with E-state index in [-0.39, 0.29) is 12.1 Å². The van der Waals surface area contributed by atoms with E-state index in [1.54, 1.807) is 0 Å². The lowest BCUT2D eigenvalue weighted by atomic mass is 9.85. The number of nitrogens with zero attached hydrogens (tertiary/aromatic N) is 2. The van der Waals surface area contributed by atoms with Crippen LogP contribution in [-0.2, 0) is 11.2 Å². The second kappa shape index (κ2) is 12.6. The zero-order valence-corrected chi connectivity index (χ0v) is 19.3. The van der Waals surface area contributed by atoms with Crippen molar-refractivity contribution in [3.8, 4) is 11.4 Å². The second-order valence-electron chi connectivity index (χ2n) is 8.99. The molecule has 0 bridgehead atoms. The predicted octanol–water partition coefficient (Wildman–Crippen LogP) is 7.17. The van der Waals surface area contributed by atoms with Gasteiger partial charge in [0.05, 0.1) is 5.56 Å². The van der Waals surface area contributed by atoms with Crippen molar-refractivity contribution in [2.24, 2.45) is 5.92 Å². The number of ether oxygens (including phenoxy) is 1. The molecule has 4 heteroatoms. The standard InChI is InChI=1S/C27H38N2O2/c1-3-5-6-7-8-10-22-19-28-26(29-20-22)23-13-15-24(16-14-23)27(30)31-25-17-11-21(9-4-2)12-18-25/h13-16,19-21,25H,3-12,17-18H2,1-2H3/t21-,25-. The molecule has 0 aliphatic heterocycles. The summed E-state index contributed by atoms with van der Waals surface area (Å²) in [6.45, 7) is 4.48. The molecule has 0 saturated heterocycles. The second-order valence-corrected chi connectivity index (χ2v) is 8.99. The topological polar surface area (TPSA) is 52.1 Å². The minimum Gasteiger partial charge on any atom is -0.459 e. The average molecular weight is 423 g/mol. The molecular formula is C27H38N2O2. The highest BCUT2D eigenvalue weighted by atomic mass is 16.5. The first-order chi connectivity index (χ1) is 15.2. The van der Waals surface area contributed by atoms with E-state index >= 15 is 0 Å². The van der Waals surface area contributed by atoms with Crippen molar-refractivity contribution in [2.45, 2.75) is 97.0 Å². The van der Waals surface area contributed by atoms with Gasteiger partial charge in [-0.25, -0.2) is 14.8 Å². The number of aromatic nitrogens is 2. The molecule has 1 heterocycles. The number of hydrogen-bond donors (Lipinski definition) is 0. The number of rotatable bonds is 11. The third-order valence-electron chi connectivity index (χ3n) is 6.42. The van der Waals surface area contributed by atoms with Crippen LogP contribution in [0.5, 0.6) is 0 Å². The van der Waals surface area contributed by atoms with Crippen LogP contribution in [0.1, 0.15) is 100 Å². The first kappa shape index (κ1) is 23.4. The fourth-order valence-electron chi connectivity index (χ4n) is 4.49. The van der Waals surface area contributed by atoms with E-state index in [9.17, 15) is 4.79 Å². The molecule has 4 nitrogen and oxygen atoms in total. The van der Waals surface area contributed by atoms with Crippen LogP contribution in [0.4, 0.5) is 0 Å². The van der Waals surface area contributed by atoms with Crippen molar-refractivity contribution in [3.63, 3.8) is 0 Å². The molecule has 0 unspecified atom stereocenters. The average Bonchev–Trinajstić information content (AvgIpc) is 2.81. The van der Waals surface area contributed by atoms with Crippen molar-refractivity contribution in [3.05, 3.63) is 47.8 Å². The Morgan fingerprint density at radius 2 is 1.58 bits per heavy atom. The van der Waals surface area contributed by atoms with Crippen LogP contribution in [-0.4, -0.2) is 22.0 Å². The van der Waals surface area contributed by atoms with Gasteiger partial charge in [-0.2, -0.15) is 0 Å². The molecule has 1 aromatic heterocycles. The van der Waals surface area contributed by atoms with Gasteiger partial charge in [-0.05, 0) is 62.1 Å². The maximum Gasteiger partial charge on any atom is 0.338 e. The van der Waals surface area contributed by atoms with Gasteiger partial charge in [0.1, 0.15) is 6.10 Å². The van der Waals surface area contributed by atoms with E-state index in [1.165, 1.54) is 63.4 Å². The van der Waals surface area contributed by atoms with Crippen LogP contribution in [0.2, 0.25) is 0 Å². The summed E-state index contributed by atoms with van der Waals surface area (Å²) in [4.78, 5) is 21.6. The monoisotopic (exact) mass is 422 g/mol. The van der Waals surface area contributed by atoms with Crippen molar-refractivity contribution < 1.29 is 9.53 Å². The molecule has 2 aromatic rings. The Bertz CT molecular complexity index is 778. The van der Waals surface area contributed by atoms with Crippen molar-refractivity contribution >= 4 is 5.97 Å². The largest absolute Gasteiger partial charge is 0.459 e. The summed E-state index contributed by atoms with van der Waals surface area (Å²) < 4.78 is 5.76. The maximum absolute atomic E-state index is 12.5. The van der Waals surface area contributed by atoms with Gasteiger partial charge in [0.2, 0.25) is 0 Å². The molecule has 1 fully saturated rings. The van der Waals surface area contributed by atoms with Gasteiger partial charge in [0.25, 0.3) is 0 Å². The zero-order chi connectivity index (χ0) is 21.9. The van der Waals surface area contributed by atoms with Gasteiger partial charge in [-0.15, -0.1) is 0 Å². The zero-order valence-electron chi connectivity index (χ0n) is 19.3. The van der Waals surface area contributed by atoms with E-state index in [2.05, 4.69) is 23.8 Å². The Balaban J connectivity index is 1.47. The van der Waals surface area contributed by atoms with Crippen molar-refractivity contribution in [1.29, 1.82) is 0 Å². The van der Waals surface area contributed by atoms with E-state index in [0.717, 1.165) is 30.7 Å². The van der Waals surface area contributed by atoms with Crippen LogP contribution in [0, 0.1) is 5.92 Å². The molecular weight excluding hydrogens is 384 g/mol. The fraction of sp³-hybridized carbons (Fsp3) is 0.593. The summed E-state index contributed by atoms with van der Waals surface area (Å²) >= 11 is 0. The highest BCUT2D eigenvalue weighted by Gasteiger charge is 2.23. The molecule has 31 heavy (non-hydrogen) atoms.